The van der Waals surface area contributed by atoms with E-state index >= 15 is 0 Å². The molecule has 0 atom stereocenters. The molecule has 0 aliphatic rings. The summed E-state index contributed by atoms with van der Waals surface area (Å²) < 4.78 is 3.70. The maximum atomic E-state index is 4.80. The summed E-state index contributed by atoms with van der Waals surface area (Å²) in [5, 5.41) is 14.1. The van der Waals surface area contributed by atoms with Gasteiger partial charge in [0.25, 0.3) is 0 Å². The van der Waals surface area contributed by atoms with E-state index in [-0.39, 0.29) is 0 Å². The summed E-state index contributed by atoms with van der Waals surface area (Å²) in [6, 6.07) is 18.5. The summed E-state index contributed by atoms with van der Waals surface area (Å²) >= 11 is 0. The molecule has 0 aliphatic carbocycles. The van der Waals surface area contributed by atoms with Crippen LogP contribution in [0.25, 0.3) is 22.2 Å². The minimum Gasteiger partial charge on any atom is -0.258 e. The van der Waals surface area contributed by atoms with Gasteiger partial charge in [-0.3, -0.25) is 9.36 Å². The van der Waals surface area contributed by atoms with E-state index in [1.54, 1.807) is 4.68 Å². The zero-order valence-corrected chi connectivity index (χ0v) is 12.2. The van der Waals surface area contributed by atoms with Crippen LogP contribution in [-0.4, -0.2) is 24.8 Å². The van der Waals surface area contributed by atoms with Crippen LogP contribution in [0.4, 0.5) is 0 Å². The van der Waals surface area contributed by atoms with Crippen molar-refractivity contribution in [2.45, 2.75) is 6.54 Å². The van der Waals surface area contributed by atoms with Gasteiger partial charge in [-0.25, -0.2) is 0 Å². The number of benzene rings is 2. The van der Waals surface area contributed by atoms with Crippen molar-refractivity contribution in [2.24, 2.45) is 7.05 Å². The molecule has 4 aromatic rings. The quantitative estimate of drug-likeness (QED) is 0.582. The summed E-state index contributed by atoms with van der Waals surface area (Å²) in [5.74, 6) is 0. The Kier molecular flexibility index (Phi) is 2.96. The molecular weight excluding hydrogens is 274 g/mol. The Morgan fingerprint density at radius 1 is 0.955 bits per heavy atom. The summed E-state index contributed by atoms with van der Waals surface area (Å²) in [5.41, 5.74) is 4.12. The van der Waals surface area contributed by atoms with Crippen LogP contribution in [0, 0.1) is 0 Å². The molecule has 0 aliphatic heterocycles. The fraction of sp³-hybridized carbons (Fsp3) is 0.118. The van der Waals surface area contributed by atoms with E-state index in [4.69, 9.17) is 5.10 Å². The number of hydrogen-bond donors (Lipinski definition) is 0. The lowest BCUT2D eigenvalue weighted by atomic mass is 10.1. The highest BCUT2D eigenvalue weighted by atomic mass is 15.4. The van der Waals surface area contributed by atoms with Crippen molar-refractivity contribution in [1.82, 2.24) is 24.8 Å². The molecule has 0 N–H and O–H groups in total. The number of para-hydroxylation sites is 1. The molecule has 2 heterocycles. The summed E-state index contributed by atoms with van der Waals surface area (Å²) in [7, 11) is 1.87. The molecule has 0 unspecified atom stereocenters. The Bertz CT molecular complexity index is 921. The van der Waals surface area contributed by atoms with Gasteiger partial charge >= 0.3 is 0 Å². The molecule has 0 radical (unpaired) electrons. The molecule has 108 valence electrons. The first kappa shape index (κ1) is 12.8. The highest BCUT2D eigenvalue weighted by Crippen LogP contribution is 2.27. The minimum atomic E-state index is 0.612. The third kappa shape index (κ3) is 2.16. The van der Waals surface area contributed by atoms with Gasteiger partial charge in [0.15, 0.2) is 0 Å². The Hall–Kier alpha value is -2.95. The Labute approximate surface area is 127 Å². The van der Waals surface area contributed by atoms with E-state index < -0.39 is 0 Å². The van der Waals surface area contributed by atoms with Crippen LogP contribution in [0.3, 0.4) is 0 Å². The normalized spacial score (nSPS) is 11.1. The van der Waals surface area contributed by atoms with Gasteiger partial charge in [-0.1, -0.05) is 53.7 Å². The van der Waals surface area contributed by atoms with Crippen molar-refractivity contribution in [3.63, 3.8) is 0 Å². The third-order valence-electron chi connectivity index (χ3n) is 3.67. The van der Waals surface area contributed by atoms with E-state index in [1.165, 1.54) is 0 Å². The van der Waals surface area contributed by atoms with Crippen molar-refractivity contribution in [3.05, 3.63) is 66.5 Å². The maximum absolute atomic E-state index is 4.80. The molecule has 0 amide bonds. The largest absolute Gasteiger partial charge is 0.258 e. The second kappa shape index (κ2) is 5.11. The van der Waals surface area contributed by atoms with Gasteiger partial charge in [-0.2, -0.15) is 5.10 Å². The Morgan fingerprint density at radius 2 is 1.73 bits per heavy atom. The molecule has 4 rings (SSSR count). The molecular formula is C17H15N5. The Balaban J connectivity index is 1.86. The van der Waals surface area contributed by atoms with Crippen LogP contribution in [0.15, 0.2) is 60.8 Å². The lowest BCUT2D eigenvalue weighted by molar-refractivity contribution is 0.688. The summed E-state index contributed by atoms with van der Waals surface area (Å²) in [4.78, 5) is 0. The number of aryl methyl sites for hydroxylation is 1. The summed E-state index contributed by atoms with van der Waals surface area (Å²) in [6.07, 6.45) is 1.92. The fourth-order valence-electron chi connectivity index (χ4n) is 2.68. The number of fused-ring (bicyclic) bond motifs is 1. The molecule has 5 heteroatoms. The SMILES string of the molecule is Cn1cc(Cn2nc(-c3ccccc3)c3ccccc32)nn1. The lowest BCUT2D eigenvalue weighted by Crippen LogP contribution is -2.02. The minimum absolute atomic E-state index is 0.612. The van der Waals surface area contributed by atoms with Crippen LogP contribution in [0.2, 0.25) is 0 Å². The molecule has 0 saturated carbocycles. The van der Waals surface area contributed by atoms with Crippen molar-refractivity contribution in [2.75, 3.05) is 0 Å². The van der Waals surface area contributed by atoms with Gasteiger partial charge in [0.1, 0.15) is 11.4 Å². The van der Waals surface area contributed by atoms with Gasteiger partial charge in [0.2, 0.25) is 0 Å². The van der Waals surface area contributed by atoms with E-state index in [9.17, 15) is 0 Å². The number of nitrogens with zero attached hydrogens (tertiary/aromatic N) is 5. The number of rotatable bonds is 3. The predicted octanol–water partition coefficient (Wildman–Crippen LogP) is 2.88. The van der Waals surface area contributed by atoms with Gasteiger partial charge in [-0.05, 0) is 6.07 Å². The van der Waals surface area contributed by atoms with Crippen molar-refractivity contribution in [3.8, 4) is 11.3 Å². The first-order chi connectivity index (χ1) is 10.8. The molecule has 0 spiro atoms. The smallest absolute Gasteiger partial charge is 0.104 e. The third-order valence-corrected chi connectivity index (χ3v) is 3.67. The maximum Gasteiger partial charge on any atom is 0.104 e. The second-order valence-electron chi connectivity index (χ2n) is 5.27. The lowest BCUT2D eigenvalue weighted by Gasteiger charge is -1.99. The average molecular weight is 289 g/mol. The van der Waals surface area contributed by atoms with Crippen molar-refractivity contribution in [1.29, 1.82) is 0 Å². The van der Waals surface area contributed by atoms with Gasteiger partial charge in [0, 0.05) is 24.2 Å². The zero-order valence-electron chi connectivity index (χ0n) is 12.2. The first-order valence-electron chi connectivity index (χ1n) is 7.17. The molecule has 0 fully saturated rings. The fourth-order valence-corrected chi connectivity index (χ4v) is 2.68. The van der Waals surface area contributed by atoms with Crippen LogP contribution in [0.1, 0.15) is 5.69 Å². The topological polar surface area (TPSA) is 48.5 Å². The van der Waals surface area contributed by atoms with Crippen LogP contribution in [-0.2, 0) is 13.6 Å². The van der Waals surface area contributed by atoms with Crippen LogP contribution >= 0.6 is 0 Å². The first-order valence-corrected chi connectivity index (χ1v) is 7.17. The van der Waals surface area contributed by atoms with Crippen LogP contribution < -0.4 is 0 Å². The second-order valence-corrected chi connectivity index (χ2v) is 5.27. The van der Waals surface area contributed by atoms with Crippen molar-refractivity contribution < 1.29 is 0 Å². The van der Waals surface area contributed by atoms with E-state index in [2.05, 4.69) is 34.6 Å². The van der Waals surface area contributed by atoms with Crippen LogP contribution in [0.5, 0.6) is 0 Å². The zero-order chi connectivity index (χ0) is 14.9. The highest BCUT2D eigenvalue weighted by Gasteiger charge is 2.12. The average Bonchev–Trinajstić information content (AvgIpc) is 3.13. The van der Waals surface area contributed by atoms with E-state index in [0.717, 1.165) is 27.9 Å². The number of hydrogen-bond acceptors (Lipinski definition) is 3. The molecule has 5 nitrogen and oxygen atoms in total. The molecule has 22 heavy (non-hydrogen) atoms. The molecule has 2 aromatic carbocycles. The Morgan fingerprint density at radius 3 is 2.50 bits per heavy atom. The number of aromatic nitrogens is 5. The van der Waals surface area contributed by atoms with Gasteiger partial charge in [0.05, 0.1) is 12.1 Å². The molecule has 0 bridgehead atoms. The summed E-state index contributed by atoms with van der Waals surface area (Å²) in [6.45, 7) is 0.612. The van der Waals surface area contributed by atoms with E-state index in [0.29, 0.717) is 6.54 Å². The highest BCUT2D eigenvalue weighted by molar-refractivity contribution is 5.93. The molecule has 2 aromatic heterocycles. The van der Waals surface area contributed by atoms with Crippen molar-refractivity contribution >= 4 is 10.9 Å². The standard InChI is InChI=1S/C17H15N5/c1-21-11-14(18-20-21)12-22-16-10-6-5-9-15(16)17(19-22)13-7-3-2-4-8-13/h2-11H,12H2,1H3. The van der Waals surface area contributed by atoms with E-state index in [1.807, 2.05) is 48.3 Å². The molecule has 0 saturated heterocycles. The van der Waals surface area contributed by atoms with Gasteiger partial charge in [-0.15, -0.1) is 5.10 Å². The van der Waals surface area contributed by atoms with Gasteiger partial charge < -0.3 is 0 Å². The predicted molar refractivity (Wildman–Crippen MR) is 85.3 cm³/mol. The monoisotopic (exact) mass is 289 g/mol.